The fourth-order valence-corrected chi connectivity index (χ4v) is 1.45. The van der Waals surface area contributed by atoms with E-state index < -0.39 is 5.54 Å². The molecule has 14 heavy (non-hydrogen) atoms. The first-order chi connectivity index (χ1) is 6.76. The predicted molar refractivity (Wildman–Crippen MR) is 51.0 cm³/mol. The van der Waals surface area contributed by atoms with Crippen LogP contribution in [0.1, 0.15) is 12.8 Å². The zero-order valence-electron chi connectivity index (χ0n) is 8.28. The van der Waals surface area contributed by atoms with Gasteiger partial charge in [-0.15, -0.1) is 0 Å². The molecule has 0 aromatic rings. The van der Waals surface area contributed by atoms with Crippen LogP contribution >= 0.6 is 0 Å². The molecule has 1 saturated heterocycles. The molecule has 0 amide bonds. The van der Waals surface area contributed by atoms with Gasteiger partial charge < -0.3 is 25.4 Å². The maximum atomic E-state index is 9.03. The molecule has 4 N–H and O–H groups in total. The Labute approximate surface area is 83.7 Å². The fourth-order valence-electron chi connectivity index (χ4n) is 1.45. The Hall–Kier alpha value is -0.200. The summed E-state index contributed by atoms with van der Waals surface area (Å²) in [5, 5.41) is 30.0. The molecule has 1 atom stereocenters. The first-order valence-electron chi connectivity index (χ1n) is 4.95. The Morgan fingerprint density at radius 3 is 2.29 bits per heavy atom. The van der Waals surface area contributed by atoms with E-state index in [0.29, 0.717) is 6.54 Å². The molecule has 5 heteroatoms. The summed E-state index contributed by atoms with van der Waals surface area (Å²) in [5.41, 5.74) is -0.980. The van der Waals surface area contributed by atoms with Crippen LogP contribution in [0.3, 0.4) is 0 Å². The van der Waals surface area contributed by atoms with Crippen LogP contribution in [0.15, 0.2) is 0 Å². The van der Waals surface area contributed by atoms with Crippen molar-refractivity contribution < 1.29 is 20.1 Å². The summed E-state index contributed by atoms with van der Waals surface area (Å²) >= 11 is 0. The number of aliphatic hydroxyl groups is 3. The minimum atomic E-state index is -0.980. The van der Waals surface area contributed by atoms with Gasteiger partial charge in [0, 0.05) is 13.2 Å². The molecule has 0 bridgehead atoms. The SMILES string of the molecule is OCC(CO)(CO)NCC1CCCO1. The molecule has 1 unspecified atom stereocenters. The molecule has 1 fully saturated rings. The van der Waals surface area contributed by atoms with Crippen LogP contribution in [0.5, 0.6) is 0 Å². The topological polar surface area (TPSA) is 82.0 Å². The van der Waals surface area contributed by atoms with E-state index in [9.17, 15) is 0 Å². The second-order valence-corrected chi connectivity index (χ2v) is 3.77. The van der Waals surface area contributed by atoms with Gasteiger partial charge in [-0.3, -0.25) is 0 Å². The quantitative estimate of drug-likeness (QED) is 0.423. The van der Waals surface area contributed by atoms with Crippen molar-refractivity contribution in [3.05, 3.63) is 0 Å². The van der Waals surface area contributed by atoms with E-state index in [1.54, 1.807) is 0 Å². The van der Waals surface area contributed by atoms with Crippen molar-refractivity contribution in [3.63, 3.8) is 0 Å². The van der Waals surface area contributed by atoms with Crippen molar-refractivity contribution in [2.24, 2.45) is 0 Å². The Kier molecular flexibility index (Phi) is 4.77. The first-order valence-corrected chi connectivity index (χ1v) is 4.95. The molecule has 0 aromatic carbocycles. The van der Waals surface area contributed by atoms with Gasteiger partial charge in [0.25, 0.3) is 0 Å². The van der Waals surface area contributed by atoms with E-state index in [0.717, 1.165) is 19.4 Å². The Morgan fingerprint density at radius 1 is 1.21 bits per heavy atom. The van der Waals surface area contributed by atoms with Gasteiger partial charge in [0.2, 0.25) is 0 Å². The molecule has 0 aliphatic carbocycles. The highest BCUT2D eigenvalue weighted by molar-refractivity contribution is 4.87. The lowest BCUT2D eigenvalue weighted by Crippen LogP contribution is -2.56. The van der Waals surface area contributed by atoms with E-state index in [1.165, 1.54) is 0 Å². The van der Waals surface area contributed by atoms with Crippen molar-refractivity contribution in [2.75, 3.05) is 33.0 Å². The number of hydrogen-bond donors (Lipinski definition) is 4. The van der Waals surface area contributed by atoms with E-state index >= 15 is 0 Å². The van der Waals surface area contributed by atoms with E-state index in [1.807, 2.05) is 0 Å². The molecule has 0 aromatic heterocycles. The summed E-state index contributed by atoms with van der Waals surface area (Å²) in [5.74, 6) is 0. The normalized spacial score (nSPS) is 22.9. The molecular weight excluding hydrogens is 186 g/mol. The molecular formula is C9H19NO4. The predicted octanol–water partition coefficient (Wildman–Crippen LogP) is -1.53. The van der Waals surface area contributed by atoms with Crippen LogP contribution < -0.4 is 5.32 Å². The van der Waals surface area contributed by atoms with E-state index in [2.05, 4.69) is 5.32 Å². The average molecular weight is 205 g/mol. The van der Waals surface area contributed by atoms with Crippen molar-refractivity contribution in [2.45, 2.75) is 24.5 Å². The Balaban J connectivity index is 2.31. The number of aliphatic hydroxyl groups excluding tert-OH is 3. The lowest BCUT2D eigenvalue weighted by molar-refractivity contribution is 0.0276. The molecule has 1 aliphatic heterocycles. The highest BCUT2D eigenvalue weighted by Crippen LogP contribution is 2.12. The fraction of sp³-hybridized carbons (Fsp3) is 1.00. The monoisotopic (exact) mass is 205 g/mol. The summed E-state index contributed by atoms with van der Waals surface area (Å²) in [7, 11) is 0. The Bertz CT molecular complexity index is 147. The second kappa shape index (κ2) is 5.63. The van der Waals surface area contributed by atoms with Crippen LogP contribution in [0.4, 0.5) is 0 Å². The van der Waals surface area contributed by atoms with Gasteiger partial charge in [-0.1, -0.05) is 0 Å². The van der Waals surface area contributed by atoms with Crippen molar-refractivity contribution in [1.29, 1.82) is 0 Å². The summed E-state index contributed by atoms with van der Waals surface area (Å²) in [6, 6.07) is 0. The average Bonchev–Trinajstić information content (AvgIpc) is 2.74. The van der Waals surface area contributed by atoms with Crippen LogP contribution in [0.2, 0.25) is 0 Å². The van der Waals surface area contributed by atoms with Gasteiger partial charge in [0.05, 0.1) is 31.5 Å². The van der Waals surface area contributed by atoms with Gasteiger partial charge in [-0.25, -0.2) is 0 Å². The number of hydrogen-bond acceptors (Lipinski definition) is 5. The number of nitrogens with one attached hydrogen (secondary N) is 1. The standard InChI is InChI=1S/C9H19NO4/c11-5-9(6-12,7-13)10-4-8-2-1-3-14-8/h8,10-13H,1-7H2. The van der Waals surface area contributed by atoms with Crippen LogP contribution in [0, 0.1) is 0 Å². The van der Waals surface area contributed by atoms with Gasteiger partial charge in [-0.2, -0.15) is 0 Å². The summed E-state index contributed by atoms with van der Waals surface area (Å²) in [4.78, 5) is 0. The lowest BCUT2D eigenvalue weighted by atomic mass is 10.0. The minimum absolute atomic E-state index is 0.138. The summed E-state index contributed by atoms with van der Waals surface area (Å²) in [6.45, 7) is 0.477. The second-order valence-electron chi connectivity index (χ2n) is 3.77. The molecule has 0 saturated carbocycles. The number of rotatable bonds is 6. The van der Waals surface area contributed by atoms with Gasteiger partial charge >= 0.3 is 0 Å². The third-order valence-corrected chi connectivity index (χ3v) is 2.64. The maximum absolute atomic E-state index is 9.03. The maximum Gasteiger partial charge on any atom is 0.0882 e. The van der Waals surface area contributed by atoms with E-state index in [-0.39, 0.29) is 25.9 Å². The molecule has 5 nitrogen and oxygen atoms in total. The Morgan fingerprint density at radius 2 is 1.86 bits per heavy atom. The number of ether oxygens (including phenoxy) is 1. The van der Waals surface area contributed by atoms with Crippen LogP contribution in [-0.2, 0) is 4.74 Å². The molecule has 1 heterocycles. The van der Waals surface area contributed by atoms with E-state index in [4.69, 9.17) is 20.1 Å². The third-order valence-electron chi connectivity index (χ3n) is 2.64. The molecule has 84 valence electrons. The summed E-state index contributed by atoms with van der Waals surface area (Å²) < 4.78 is 5.37. The smallest absolute Gasteiger partial charge is 0.0882 e. The molecule has 1 rings (SSSR count). The van der Waals surface area contributed by atoms with Crippen LogP contribution in [0.25, 0.3) is 0 Å². The minimum Gasteiger partial charge on any atom is -0.394 e. The molecule has 1 aliphatic rings. The zero-order valence-corrected chi connectivity index (χ0v) is 8.28. The first kappa shape index (κ1) is 11.9. The van der Waals surface area contributed by atoms with Crippen molar-refractivity contribution in [3.8, 4) is 0 Å². The van der Waals surface area contributed by atoms with Gasteiger partial charge in [0.1, 0.15) is 0 Å². The molecule has 0 radical (unpaired) electrons. The molecule has 0 spiro atoms. The van der Waals surface area contributed by atoms with Crippen LogP contribution in [-0.4, -0.2) is 59.9 Å². The van der Waals surface area contributed by atoms with Gasteiger partial charge in [0.15, 0.2) is 0 Å². The van der Waals surface area contributed by atoms with Gasteiger partial charge in [-0.05, 0) is 12.8 Å². The summed E-state index contributed by atoms with van der Waals surface area (Å²) in [6.07, 6.45) is 2.18. The zero-order chi connectivity index (χ0) is 10.4. The van der Waals surface area contributed by atoms with Crippen molar-refractivity contribution in [1.82, 2.24) is 5.32 Å². The third kappa shape index (κ3) is 2.90. The highest BCUT2D eigenvalue weighted by atomic mass is 16.5. The van der Waals surface area contributed by atoms with Crippen molar-refractivity contribution >= 4 is 0 Å². The lowest BCUT2D eigenvalue weighted by Gasteiger charge is -2.30. The largest absolute Gasteiger partial charge is 0.394 e. The highest BCUT2D eigenvalue weighted by Gasteiger charge is 2.29.